The van der Waals surface area contributed by atoms with Gasteiger partial charge in [-0.05, 0) is 41.8 Å². The van der Waals surface area contributed by atoms with Crippen molar-refractivity contribution < 1.29 is 25.9 Å². The molecule has 12 heteroatoms. The van der Waals surface area contributed by atoms with Gasteiger partial charge in [-0.15, -0.1) is 11.3 Å². The van der Waals surface area contributed by atoms with Crippen molar-refractivity contribution in [3.8, 4) is 16.2 Å². The van der Waals surface area contributed by atoms with Crippen LogP contribution >= 0.6 is 11.3 Å². The number of thiophene rings is 1. The maximum absolute atomic E-state index is 12.6. The molecule has 0 unspecified atom stereocenters. The minimum Gasteiger partial charge on any atom is -0.378 e. The molecule has 0 aliphatic rings. The van der Waals surface area contributed by atoms with Gasteiger partial charge >= 0.3 is 10.1 Å². The third-order valence-electron chi connectivity index (χ3n) is 3.60. The summed E-state index contributed by atoms with van der Waals surface area (Å²) in [4.78, 5) is 10.5. The van der Waals surface area contributed by atoms with Gasteiger partial charge in [-0.1, -0.05) is 6.07 Å². The number of sulfonamides is 1. The maximum Gasteiger partial charge on any atom is 0.339 e. The van der Waals surface area contributed by atoms with Gasteiger partial charge in [0, 0.05) is 22.6 Å². The first-order chi connectivity index (χ1) is 13.1. The zero-order valence-electron chi connectivity index (χ0n) is 13.9. The third kappa shape index (κ3) is 4.20. The van der Waals surface area contributed by atoms with Crippen LogP contribution in [-0.4, -0.2) is 21.8 Å². The van der Waals surface area contributed by atoms with Crippen LogP contribution in [0, 0.1) is 10.1 Å². The molecule has 2 N–H and O–H groups in total. The van der Waals surface area contributed by atoms with Crippen LogP contribution in [0.25, 0.3) is 10.4 Å². The SMILES string of the molecule is NS(=O)(=O)c1ccc(S(=O)(=O)Oc2ccc([N+](=O)[O-])cc2-c2cccs2)cc1. The van der Waals surface area contributed by atoms with Crippen LogP contribution in [0.3, 0.4) is 0 Å². The summed E-state index contributed by atoms with van der Waals surface area (Å²) >= 11 is 1.26. The average molecular weight is 440 g/mol. The minimum absolute atomic E-state index is 0.0939. The Balaban J connectivity index is 2.01. The summed E-state index contributed by atoms with van der Waals surface area (Å²) in [6, 6.07) is 11.1. The molecule has 0 bridgehead atoms. The highest BCUT2D eigenvalue weighted by Crippen LogP contribution is 2.37. The van der Waals surface area contributed by atoms with Crippen molar-refractivity contribution in [1.29, 1.82) is 0 Å². The molecule has 28 heavy (non-hydrogen) atoms. The van der Waals surface area contributed by atoms with Crippen molar-refractivity contribution >= 4 is 37.2 Å². The number of hydrogen-bond donors (Lipinski definition) is 1. The first kappa shape index (κ1) is 19.9. The van der Waals surface area contributed by atoms with E-state index in [1.165, 1.54) is 23.5 Å². The Morgan fingerprint density at radius 1 is 0.964 bits per heavy atom. The maximum atomic E-state index is 12.6. The first-order valence-electron chi connectivity index (χ1n) is 7.47. The van der Waals surface area contributed by atoms with Crippen LogP contribution in [0.2, 0.25) is 0 Å². The molecule has 9 nitrogen and oxygen atoms in total. The summed E-state index contributed by atoms with van der Waals surface area (Å²) in [6.07, 6.45) is 0. The lowest BCUT2D eigenvalue weighted by Crippen LogP contribution is -2.13. The van der Waals surface area contributed by atoms with E-state index in [-0.39, 0.29) is 26.8 Å². The summed E-state index contributed by atoms with van der Waals surface area (Å²) in [5, 5.41) is 17.8. The van der Waals surface area contributed by atoms with Crippen LogP contribution in [-0.2, 0) is 20.1 Å². The second kappa shape index (κ2) is 7.31. The largest absolute Gasteiger partial charge is 0.378 e. The molecule has 0 saturated heterocycles. The predicted molar refractivity (Wildman–Crippen MR) is 102 cm³/mol. The second-order valence-corrected chi connectivity index (χ2v) is 9.52. The smallest absolute Gasteiger partial charge is 0.339 e. The normalized spacial score (nSPS) is 11.9. The Labute approximate surface area is 164 Å². The standard InChI is InChI=1S/C16H12N2O7S3/c17-27(21,22)12-4-6-13(7-5-12)28(23,24)25-15-8-3-11(18(19)20)10-14(15)16-2-1-9-26-16/h1-10H,(H2,17,21,22). The van der Waals surface area contributed by atoms with E-state index >= 15 is 0 Å². The number of rotatable bonds is 6. The van der Waals surface area contributed by atoms with Gasteiger partial charge in [-0.2, -0.15) is 8.42 Å². The Kier molecular flexibility index (Phi) is 5.21. The molecule has 0 spiro atoms. The quantitative estimate of drug-likeness (QED) is 0.352. The van der Waals surface area contributed by atoms with Crippen molar-refractivity contribution in [2.45, 2.75) is 9.79 Å². The molecule has 0 atom stereocenters. The lowest BCUT2D eigenvalue weighted by Gasteiger charge is -2.11. The number of hydrogen-bond acceptors (Lipinski definition) is 8. The van der Waals surface area contributed by atoms with Gasteiger partial charge in [0.2, 0.25) is 10.0 Å². The number of nitrogens with zero attached hydrogens (tertiary/aromatic N) is 1. The van der Waals surface area contributed by atoms with E-state index in [0.717, 1.165) is 30.3 Å². The van der Waals surface area contributed by atoms with Crippen molar-refractivity contribution in [3.63, 3.8) is 0 Å². The Morgan fingerprint density at radius 3 is 2.14 bits per heavy atom. The van der Waals surface area contributed by atoms with E-state index in [1.807, 2.05) is 0 Å². The third-order valence-corrected chi connectivity index (χ3v) is 6.68. The van der Waals surface area contributed by atoms with E-state index in [2.05, 4.69) is 0 Å². The fourth-order valence-electron chi connectivity index (χ4n) is 2.29. The molecule has 3 rings (SSSR count). The number of benzene rings is 2. The van der Waals surface area contributed by atoms with E-state index < -0.39 is 25.1 Å². The summed E-state index contributed by atoms with van der Waals surface area (Å²) in [5.74, 6) is -0.0939. The lowest BCUT2D eigenvalue weighted by atomic mass is 10.1. The summed E-state index contributed by atoms with van der Waals surface area (Å²) in [5.41, 5.74) is 0.0274. The van der Waals surface area contributed by atoms with Gasteiger partial charge in [0.25, 0.3) is 5.69 Å². The van der Waals surface area contributed by atoms with Gasteiger partial charge < -0.3 is 4.18 Å². The Hall–Kier alpha value is -2.80. The fourth-order valence-corrected chi connectivity index (χ4v) is 4.50. The fraction of sp³-hybridized carbons (Fsp3) is 0. The molecule has 1 aromatic heterocycles. The molecule has 0 aliphatic heterocycles. The number of non-ortho nitro benzene ring substituents is 1. The topological polar surface area (TPSA) is 147 Å². The van der Waals surface area contributed by atoms with Gasteiger partial charge in [0.15, 0.2) is 5.75 Å². The first-order valence-corrected chi connectivity index (χ1v) is 11.3. The van der Waals surface area contributed by atoms with Crippen LogP contribution in [0.1, 0.15) is 0 Å². The number of nitro benzene ring substituents is 1. The number of nitrogens with two attached hydrogens (primary N) is 1. The highest BCUT2D eigenvalue weighted by atomic mass is 32.2. The molecule has 0 saturated carbocycles. The van der Waals surface area contributed by atoms with Crippen LogP contribution in [0.5, 0.6) is 5.75 Å². The van der Waals surface area contributed by atoms with Gasteiger partial charge in [0.1, 0.15) is 4.90 Å². The summed E-state index contributed by atoms with van der Waals surface area (Å²) < 4.78 is 52.9. The highest BCUT2D eigenvalue weighted by molar-refractivity contribution is 7.89. The predicted octanol–water partition coefficient (Wildman–Crippen LogP) is 2.74. The van der Waals surface area contributed by atoms with Gasteiger partial charge in [0.05, 0.1) is 9.82 Å². The van der Waals surface area contributed by atoms with E-state index in [1.54, 1.807) is 17.5 Å². The highest BCUT2D eigenvalue weighted by Gasteiger charge is 2.22. The van der Waals surface area contributed by atoms with Crippen molar-refractivity contribution in [3.05, 3.63) is 70.1 Å². The number of nitro groups is 1. The lowest BCUT2D eigenvalue weighted by molar-refractivity contribution is -0.384. The monoisotopic (exact) mass is 440 g/mol. The zero-order valence-corrected chi connectivity index (χ0v) is 16.3. The molecular weight excluding hydrogens is 428 g/mol. The molecule has 0 fully saturated rings. The second-order valence-electron chi connectivity index (χ2n) is 5.47. The molecule has 2 aromatic carbocycles. The van der Waals surface area contributed by atoms with Crippen LogP contribution in [0.15, 0.2) is 69.8 Å². The average Bonchev–Trinajstić information content (AvgIpc) is 3.15. The zero-order chi connectivity index (χ0) is 20.5. The molecule has 1 heterocycles. The van der Waals surface area contributed by atoms with Crippen molar-refractivity contribution in [1.82, 2.24) is 0 Å². The van der Waals surface area contributed by atoms with E-state index in [4.69, 9.17) is 9.32 Å². The Morgan fingerprint density at radius 2 is 1.61 bits per heavy atom. The van der Waals surface area contributed by atoms with Gasteiger partial charge in [-0.25, -0.2) is 13.6 Å². The van der Waals surface area contributed by atoms with E-state index in [0.29, 0.717) is 4.88 Å². The molecule has 0 amide bonds. The van der Waals surface area contributed by atoms with Crippen molar-refractivity contribution in [2.24, 2.45) is 5.14 Å². The van der Waals surface area contributed by atoms with E-state index in [9.17, 15) is 26.9 Å². The van der Waals surface area contributed by atoms with Crippen molar-refractivity contribution in [2.75, 3.05) is 0 Å². The van der Waals surface area contributed by atoms with Gasteiger partial charge in [-0.3, -0.25) is 10.1 Å². The minimum atomic E-state index is -4.32. The molecule has 3 aromatic rings. The van der Waals surface area contributed by atoms with Crippen LogP contribution < -0.4 is 9.32 Å². The number of primary sulfonamides is 1. The van der Waals surface area contributed by atoms with Crippen LogP contribution in [0.4, 0.5) is 5.69 Å². The Bertz CT molecular complexity index is 1230. The molecule has 146 valence electrons. The molecule has 0 aliphatic carbocycles. The summed E-state index contributed by atoms with van der Waals surface area (Å²) in [6.45, 7) is 0. The molecular formula is C16H12N2O7S3. The summed E-state index contributed by atoms with van der Waals surface area (Å²) in [7, 11) is -8.29. The molecule has 0 radical (unpaired) electrons.